The van der Waals surface area contributed by atoms with E-state index < -0.39 is 6.10 Å². The molecule has 19 heavy (non-hydrogen) atoms. The monoisotopic (exact) mass is 283 g/mol. The van der Waals surface area contributed by atoms with Crippen LogP contribution >= 0.6 is 11.6 Å². The summed E-state index contributed by atoms with van der Waals surface area (Å²) < 4.78 is 5.51. The number of rotatable bonds is 6. The lowest BCUT2D eigenvalue weighted by Gasteiger charge is -2.17. The predicted molar refractivity (Wildman–Crippen MR) is 77.8 cm³/mol. The van der Waals surface area contributed by atoms with Gasteiger partial charge in [0.1, 0.15) is 18.5 Å². The summed E-state index contributed by atoms with van der Waals surface area (Å²) >= 11 is 5.98. The van der Waals surface area contributed by atoms with Crippen molar-refractivity contribution in [1.29, 1.82) is 0 Å². The van der Waals surface area contributed by atoms with Gasteiger partial charge in [-0.25, -0.2) is 0 Å². The molecule has 0 bridgehead atoms. The number of hydrogen-bond donors (Lipinski definition) is 2. The van der Waals surface area contributed by atoms with E-state index in [2.05, 4.69) is 12.2 Å². The van der Waals surface area contributed by atoms with Gasteiger partial charge in [-0.3, -0.25) is 0 Å². The summed E-state index contributed by atoms with van der Waals surface area (Å²) in [4.78, 5) is 0. The molecule has 0 heterocycles. The number of nitrogens with one attached hydrogen (secondary N) is 1. The quantitative estimate of drug-likeness (QED) is 0.843. The van der Waals surface area contributed by atoms with E-state index >= 15 is 0 Å². The van der Waals surface area contributed by atoms with Gasteiger partial charge in [-0.15, -0.1) is 0 Å². The maximum Gasteiger partial charge on any atom is 0.138 e. The van der Waals surface area contributed by atoms with Crippen LogP contribution in [-0.4, -0.2) is 30.4 Å². The average molecular weight is 284 g/mol. The van der Waals surface area contributed by atoms with Crippen molar-refractivity contribution in [3.8, 4) is 5.75 Å². The largest absolute Gasteiger partial charge is 0.489 e. The zero-order valence-corrected chi connectivity index (χ0v) is 12.1. The smallest absolute Gasteiger partial charge is 0.138 e. The standard InChI is InChI=1S/C15H22ClNO2/c1-11-6-7-12(8-11)17-9-13(18)10-19-15-5-3-2-4-14(15)16/h2-5,11-13,17-18H,6-10H2,1H3. The number of ether oxygens (including phenoxy) is 1. The van der Waals surface area contributed by atoms with Gasteiger partial charge >= 0.3 is 0 Å². The van der Waals surface area contributed by atoms with Gasteiger partial charge in [-0.05, 0) is 37.3 Å². The van der Waals surface area contributed by atoms with Crippen LogP contribution in [0.3, 0.4) is 0 Å². The molecule has 106 valence electrons. The second kappa shape index (κ2) is 7.13. The molecular formula is C15H22ClNO2. The first kappa shape index (κ1) is 14.6. The van der Waals surface area contributed by atoms with Crippen LogP contribution < -0.4 is 10.1 Å². The Morgan fingerprint density at radius 1 is 1.42 bits per heavy atom. The molecule has 0 saturated heterocycles. The molecule has 1 aromatic rings. The van der Waals surface area contributed by atoms with Crippen molar-refractivity contribution < 1.29 is 9.84 Å². The first-order valence-electron chi connectivity index (χ1n) is 6.94. The molecule has 2 rings (SSSR count). The highest BCUT2D eigenvalue weighted by Gasteiger charge is 2.21. The van der Waals surface area contributed by atoms with E-state index in [9.17, 15) is 5.11 Å². The maximum atomic E-state index is 9.90. The molecule has 1 saturated carbocycles. The van der Waals surface area contributed by atoms with Crippen molar-refractivity contribution in [2.75, 3.05) is 13.2 Å². The second-order valence-corrected chi connectivity index (χ2v) is 5.83. The molecule has 0 amide bonds. The number of aliphatic hydroxyl groups is 1. The third-order valence-corrected chi connectivity index (χ3v) is 3.92. The normalized spacial score (nSPS) is 24.4. The number of aliphatic hydroxyl groups excluding tert-OH is 1. The molecule has 4 heteroatoms. The molecule has 1 aromatic carbocycles. The Morgan fingerprint density at radius 2 is 2.21 bits per heavy atom. The van der Waals surface area contributed by atoms with E-state index in [1.807, 2.05) is 12.1 Å². The minimum absolute atomic E-state index is 0.263. The highest BCUT2D eigenvalue weighted by atomic mass is 35.5. The summed E-state index contributed by atoms with van der Waals surface area (Å²) in [6, 6.07) is 7.85. The number of benzene rings is 1. The van der Waals surface area contributed by atoms with Crippen molar-refractivity contribution in [2.45, 2.75) is 38.3 Å². The van der Waals surface area contributed by atoms with Crippen LogP contribution in [0.5, 0.6) is 5.75 Å². The van der Waals surface area contributed by atoms with Crippen molar-refractivity contribution in [1.82, 2.24) is 5.32 Å². The van der Waals surface area contributed by atoms with Gasteiger partial charge < -0.3 is 15.2 Å². The lowest BCUT2D eigenvalue weighted by Crippen LogP contribution is -2.36. The van der Waals surface area contributed by atoms with Gasteiger partial charge in [0.05, 0.1) is 5.02 Å². The predicted octanol–water partition coefficient (Wildman–Crippen LogP) is 2.86. The molecule has 0 radical (unpaired) electrons. The molecule has 2 N–H and O–H groups in total. The van der Waals surface area contributed by atoms with E-state index in [1.165, 1.54) is 19.3 Å². The summed E-state index contributed by atoms with van der Waals surface area (Å²) in [6.45, 7) is 3.11. The lowest BCUT2D eigenvalue weighted by atomic mass is 10.1. The van der Waals surface area contributed by atoms with Gasteiger partial charge in [-0.1, -0.05) is 30.7 Å². The molecule has 1 aliphatic carbocycles. The highest BCUT2D eigenvalue weighted by molar-refractivity contribution is 6.32. The van der Waals surface area contributed by atoms with Gasteiger partial charge in [0.25, 0.3) is 0 Å². The molecule has 3 unspecified atom stereocenters. The van der Waals surface area contributed by atoms with Crippen LogP contribution in [0.15, 0.2) is 24.3 Å². The fraction of sp³-hybridized carbons (Fsp3) is 0.600. The first-order valence-corrected chi connectivity index (χ1v) is 7.31. The minimum atomic E-state index is -0.507. The Hall–Kier alpha value is -0.770. The molecule has 3 nitrogen and oxygen atoms in total. The summed E-state index contributed by atoms with van der Waals surface area (Å²) in [5, 5.41) is 13.9. The van der Waals surface area contributed by atoms with E-state index in [0.717, 1.165) is 5.92 Å². The Morgan fingerprint density at radius 3 is 2.89 bits per heavy atom. The van der Waals surface area contributed by atoms with Crippen LogP contribution in [0.1, 0.15) is 26.2 Å². The molecule has 1 fully saturated rings. The van der Waals surface area contributed by atoms with E-state index in [0.29, 0.717) is 23.4 Å². The molecular weight excluding hydrogens is 262 g/mol. The lowest BCUT2D eigenvalue weighted by molar-refractivity contribution is 0.103. The topological polar surface area (TPSA) is 41.5 Å². The van der Waals surface area contributed by atoms with Crippen molar-refractivity contribution in [3.63, 3.8) is 0 Å². The number of halogens is 1. The zero-order chi connectivity index (χ0) is 13.7. The maximum absolute atomic E-state index is 9.90. The van der Waals surface area contributed by atoms with E-state index in [4.69, 9.17) is 16.3 Å². The fourth-order valence-electron chi connectivity index (χ4n) is 2.50. The molecule has 0 spiro atoms. The van der Waals surface area contributed by atoms with Crippen molar-refractivity contribution in [3.05, 3.63) is 29.3 Å². The molecule has 0 aliphatic heterocycles. The Labute approximate surface area is 119 Å². The zero-order valence-electron chi connectivity index (χ0n) is 11.3. The highest BCUT2D eigenvalue weighted by Crippen LogP contribution is 2.25. The van der Waals surface area contributed by atoms with Crippen LogP contribution in [0.4, 0.5) is 0 Å². The third-order valence-electron chi connectivity index (χ3n) is 3.60. The van der Waals surface area contributed by atoms with Crippen LogP contribution in [0.25, 0.3) is 0 Å². The Bertz CT molecular complexity index is 399. The van der Waals surface area contributed by atoms with Crippen molar-refractivity contribution >= 4 is 11.6 Å². The van der Waals surface area contributed by atoms with Crippen LogP contribution in [0.2, 0.25) is 5.02 Å². The van der Waals surface area contributed by atoms with Crippen LogP contribution in [-0.2, 0) is 0 Å². The fourth-order valence-corrected chi connectivity index (χ4v) is 2.69. The Kier molecular flexibility index (Phi) is 5.49. The Balaban J connectivity index is 1.67. The average Bonchev–Trinajstić information content (AvgIpc) is 2.81. The van der Waals surface area contributed by atoms with Crippen molar-refractivity contribution in [2.24, 2.45) is 5.92 Å². The molecule has 3 atom stereocenters. The summed E-state index contributed by atoms with van der Waals surface area (Å²) in [5.74, 6) is 1.42. The SMILES string of the molecule is CC1CCC(NCC(O)COc2ccccc2Cl)C1. The second-order valence-electron chi connectivity index (χ2n) is 5.42. The van der Waals surface area contributed by atoms with Gasteiger partial charge in [0.15, 0.2) is 0 Å². The van der Waals surface area contributed by atoms with Gasteiger partial charge in [0.2, 0.25) is 0 Å². The van der Waals surface area contributed by atoms with Crippen LogP contribution in [0, 0.1) is 5.92 Å². The van der Waals surface area contributed by atoms with E-state index in [1.54, 1.807) is 12.1 Å². The molecule has 1 aliphatic rings. The number of hydrogen-bond acceptors (Lipinski definition) is 3. The van der Waals surface area contributed by atoms with Gasteiger partial charge in [0, 0.05) is 12.6 Å². The van der Waals surface area contributed by atoms with Gasteiger partial charge in [-0.2, -0.15) is 0 Å². The number of para-hydroxylation sites is 1. The first-order chi connectivity index (χ1) is 9.15. The summed E-state index contributed by atoms with van der Waals surface area (Å²) in [5.41, 5.74) is 0. The minimum Gasteiger partial charge on any atom is -0.489 e. The van der Waals surface area contributed by atoms with E-state index in [-0.39, 0.29) is 6.61 Å². The summed E-state index contributed by atoms with van der Waals surface area (Å²) in [7, 11) is 0. The molecule has 0 aromatic heterocycles. The third kappa shape index (κ3) is 4.68. The summed E-state index contributed by atoms with van der Waals surface area (Å²) in [6.07, 6.45) is 3.19.